The van der Waals surface area contributed by atoms with E-state index in [1.165, 1.54) is 6.42 Å². The van der Waals surface area contributed by atoms with Gasteiger partial charge in [-0.1, -0.05) is 12.1 Å². The first kappa shape index (κ1) is 12.2. The quantitative estimate of drug-likeness (QED) is 0.851. The lowest BCUT2D eigenvalue weighted by Gasteiger charge is -2.32. The summed E-state index contributed by atoms with van der Waals surface area (Å²) in [7, 11) is 2.05. The van der Waals surface area contributed by atoms with Crippen molar-refractivity contribution in [1.82, 2.24) is 15.3 Å². The van der Waals surface area contributed by atoms with Crippen molar-refractivity contribution in [2.24, 2.45) is 0 Å². The summed E-state index contributed by atoms with van der Waals surface area (Å²) in [5.74, 6) is 1.29. The molecule has 19 heavy (non-hydrogen) atoms. The van der Waals surface area contributed by atoms with Gasteiger partial charge >= 0.3 is 0 Å². The largest absolute Gasteiger partial charge is 0.381 e. The molecule has 2 heterocycles. The van der Waals surface area contributed by atoms with Crippen molar-refractivity contribution in [2.45, 2.75) is 18.9 Å². The van der Waals surface area contributed by atoms with Crippen LogP contribution in [-0.4, -0.2) is 36.1 Å². The smallest absolute Gasteiger partial charge is 0.172 e. The Morgan fingerprint density at radius 1 is 1.26 bits per heavy atom. The van der Waals surface area contributed by atoms with Gasteiger partial charge in [0, 0.05) is 19.6 Å². The lowest BCUT2D eigenvalue weighted by Crippen LogP contribution is -2.44. The number of rotatable bonds is 2. The van der Waals surface area contributed by atoms with Gasteiger partial charge in [-0.25, -0.2) is 9.97 Å². The molecule has 0 aliphatic carbocycles. The summed E-state index contributed by atoms with van der Waals surface area (Å²) in [4.78, 5) is 11.3. The first-order chi connectivity index (χ1) is 9.25. The number of nitrogens with two attached hydrogens (primary N) is 1. The zero-order valence-electron chi connectivity index (χ0n) is 11.1. The van der Waals surface area contributed by atoms with Crippen LogP contribution in [0.5, 0.6) is 0 Å². The normalized spacial score (nSPS) is 19.5. The molecule has 1 saturated heterocycles. The van der Waals surface area contributed by atoms with Gasteiger partial charge in [0.1, 0.15) is 0 Å². The van der Waals surface area contributed by atoms with Crippen LogP contribution in [0, 0.1) is 0 Å². The Morgan fingerprint density at radius 2 is 2.00 bits per heavy atom. The van der Waals surface area contributed by atoms with E-state index in [1.54, 1.807) is 0 Å². The average Bonchev–Trinajstić information content (AvgIpc) is 2.47. The van der Waals surface area contributed by atoms with Crippen molar-refractivity contribution in [3.05, 3.63) is 24.3 Å². The Labute approximate surface area is 112 Å². The number of likely N-dealkylation sites (N-methyl/N-ethyl adjacent to an activating group) is 1. The highest BCUT2D eigenvalue weighted by molar-refractivity contribution is 5.79. The van der Waals surface area contributed by atoms with Gasteiger partial charge in [0.05, 0.1) is 11.0 Å². The molecule has 1 aliphatic heterocycles. The minimum Gasteiger partial charge on any atom is -0.381 e. The van der Waals surface area contributed by atoms with Crippen LogP contribution < -0.4 is 16.0 Å². The van der Waals surface area contributed by atoms with Gasteiger partial charge in [-0.2, -0.15) is 0 Å². The molecular formula is C14H19N5. The standard InChI is InChI=1S/C14H19N5/c1-19(10-5-4-8-16-9-10)14-13(15)17-11-6-2-3-7-12(11)18-14/h2-3,6-7,10,16H,4-5,8-9H2,1H3,(H2,15,17). The first-order valence-corrected chi connectivity index (χ1v) is 6.71. The number of anilines is 2. The molecule has 0 spiro atoms. The number of nitrogens with one attached hydrogen (secondary N) is 1. The van der Waals surface area contributed by atoms with Crippen molar-refractivity contribution < 1.29 is 0 Å². The highest BCUT2D eigenvalue weighted by Crippen LogP contribution is 2.24. The van der Waals surface area contributed by atoms with Crippen molar-refractivity contribution in [3.8, 4) is 0 Å². The predicted octanol–water partition coefficient (Wildman–Crippen LogP) is 1.40. The summed E-state index contributed by atoms with van der Waals surface area (Å²) in [6.07, 6.45) is 2.35. The molecule has 0 saturated carbocycles. The Morgan fingerprint density at radius 3 is 2.68 bits per heavy atom. The molecular weight excluding hydrogens is 238 g/mol. The monoisotopic (exact) mass is 257 g/mol. The van der Waals surface area contributed by atoms with Gasteiger partial charge in [0.25, 0.3) is 0 Å². The number of aromatic nitrogens is 2. The Balaban J connectivity index is 1.96. The fourth-order valence-electron chi connectivity index (χ4n) is 2.60. The van der Waals surface area contributed by atoms with Crippen LogP contribution in [0.15, 0.2) is 24.3 Å². The third kappa shape index (κ3) is 2.33. The molecule has 5 heteroatoms. The second-order valence-electron chi connectivity index (χ2n) is 5.03. The number of piperidine rings is 1. The first-order valence-electron chi connectivity index (χ1n) is 6.71. The number of hydrogen-bond donors (Lipinski definition) is 2. The Hall–Kier alpha value is -1.88. The van der Waals surface area contributed by atoms with E-state index in [9.17, 15) is 0 Å². The molecule has 0 bridgehead atoms. The maximum absolute atomic E-state index is 6.06. The van der Waals surface area contributed by atoms with Crippen LogP contribution in [0.4, 0.5) is 11.6 Å². The van der Waals surface area contributed by atoms with Gasteiger partial charge in [0.15, 0.2) is 11.6 Å². The molecule has 1 unspecified atom stereocenters. The number of nitrogens with zero attached hydrogens (tertiary/aromatic N) is 3. The van der Waals surface area contributed by atoms with E-state index in [1.807, 2.05) is 31.3 Å². The van der Waals surface area contributed by atoms with Crippen molar-refractivity contribution >= 4 is 22.7 Å². The van der Waals surface area contributed by atoms with E-state index in [2.05, 4.69) is 20.2 Å². The third-order valence-electron chi connectivity index (χ3n) is 3.73. The highest BCUT2D eigenvalue weighted by atomic mass is 15.2. The molecule has 1 aliphatic rings. The van der Waals surface area contributed by atoms with E-state index in [0.29, 0.717) is 11.9 Å². The molecule has 5 nitrogen and oxygen atoms in total. The second kappa shape index (κ2) is 5.01. The number of nitrogen functional groups attached to an aromatic ring is 1. The number of benzene rings is 1. The van der Waals surface area contributed by atoms with Crippen molar-refractivity contribution in [2.75, 3.05) is 30.8 Å². The van der Waals surface area contributed by atoms with E-state index < -0.39 is 0 Å². The highest BCUT2D eigenvalue weighted by Gasteiger charge is 2.21. The Kier molecular flexibility index (Phi) is 3.21. The molecule has 100 valence electrons. The fourth-order valence-corrected chi connectivity index (χ4v) is 2.60. The van der Waals surface area contributed by atoms with Gasteiger partial charge in [-0.15, -0.1) is 0 Å². The van der Waals surface area contributed by atoms with Crippen LogP contribution in [0.1, 0.15) is 12.8 Å². The number of fused-ring (bicyclic) bond motifs is 1. The molecule has 1 aromatic carbocycles. The summed E-state index contributed by atoms with van der Waals surface area (Å²) >= 11 is 0. The van der Waals surface area contributed by atoms with E-state index in [0.717, 1.165) is 36.4 Å². The molecule has 1 atom stereocenters. The summed E-state index contributed by atoms with van der Waals surface area (Å²) in [6, 6.07) is 8.26. The van der Waals surface area contributed by atoms with Crippen LogP contribution >= 0.6 is 0 Å². The van der Waals surface area contributed by atoms with Crippen LogP contribution in [-0.2, 0) is 0 Å². The topological polar surface area (TPSA) is 67.1 Å². The van der Waals surface area contributed by atoms with Crippen molar-refractivity contribution in [3.63, 3.8) is 0 Å². The average molecular weight is 257 g/mol. The molecule has 1 aromatic heterocycles. The molecule has 3 N–H and O–H groups in total. The lowest BCUT2D eigenvalue weighted by molar-refractivity contribution is 0.443. The van der Waals surface area contributed by atoms with Gasteiger partial charge in [-0.3, -0.25) is 0 Å². The van der Waals surface area contributed by atoms with Crippen LogP contribution in [0.2, 0.25) is 0 Å². The maximum Gasteiger partial charge on any atom is 0.172 e. The summed E-state index contributed by atoms with van der Waals surface area (Å²) in [6.45, 7) is 2.08. The van der Waals surface area contributed by atoms with E-state index in [4.69, 9.17) is 5.73 Å². The summed E-state index contributed by atoms with van der Waals surface area (Å²) < 4.78 is 0. The molecule has 3 rings (SSSR count). The van der Waals surface area contributed by atoms with Gasteiger partial charge < -0.3 is 16.0 Å². The number of para-hydroxylation sites is 2. The van der Waals surface area contributed by atoms with E-state index >= 15 is 0 Å². The summed E-state index contributed by atoms with van der Waals surface area (Å²) in [5, 5.41) is 3.41. The fraction of sp³-hybridized carbons (Fsp3) is 0.429. The van der Waals surface area contributed by atoms with Crippen LogP contribution in [0.25, 0.3) is 11.0 Å². The molecule has 2 aromatic rings. The van der Waals surface area contributed by atoms with Gasteiger partial charge in [-0.05, 0) is 31.5 Å². The Bertz CT molecular complexity index is 577. The van der Waals surface area contributed by atoms with Crippen LogP contribution in [0.3, 0.4) is 0 Å². The minimum atomic E-state index is 0.437. The molecule has 0 radical (unpaired) electrons. The molecule has 0 amide bonds. The maximum atomic E-state index is 6.06. The zero-order chi connectivity index (χ0) is 13.2. The predicted molar refractivity (Wildman–Crippen MR) is 78.2 cm³/mol. The zero-order valence-corrected chi connectivity index (χ0v) is 11.1. The summed E-state index contributed by atoms with van der Waals surface area (Å²) in [5.41, 5.74) is 7.80. The lowest BCUT2D eigenvalue weighted by atomic mass is 10.1. The van der Waals surface area contributed by atoms with E-state index in [-0.39, 0.29) is 0 Å². The third-order valence-corrected chi connectivity index (χ3v) is 3.73. The second-order valence-corrected chi connectivity index (χ2v) is 5.03. The minimum absolute atomic E-state index is 0.437. The number of hydrogen-bond acceptors (Lipinski definition) is 5. The van der Waals surface area contributed by atoms with Gasteiger partial charge in [0.2, 0.25) is 0 Å². The SMILES string of the molecule is CN(c1nc2ccccc2nc1N)C1CCCNC1. The molecule has 1 fully saturated rings. The van der Waals surface area contributed by atoms with Crippen molar-refractivity contribution in [1.29, 1.82) is 0 Å².